The molecule has 0 fully saturated rings. The standard InChI is InChI=1S/C20H25ClN4O2/c1-13(25-27)14-6-5-7-15(10-14)20(2,3)24-12-23-16-8-9-18(21)17(11-16)19(26)22-4/h5-11,13,23-24H,12H2,1-4H3,(H,22,26). The summed E-state index contributed by atoms with van der Waals surface area (Å²) < 4.78 is 0. The van der Waals surface area contributed by atoms with Gasteiger partial charge in [-0.3, -0.25) is 10.1 Å². The van der Waals surface area contributed by atoms with E-state index in [1.807, 2.05) is 30.3 Å². The van der Waals surface area contributed by atoms with Gasteiger partial charge in [-0.25, -0.2) is 0 Å². The molecule has 0 heterocycles. The van der Waals surface area contributed by atoms with Crippen LogP contribution in [0.15, 0.2) is 47.6 Å². The van der Waals surface area contributed by atoms with E-state index >= 15 is 0 Å². The van der Waals surface area contributed by atoms with Gasteiger partial charge in [-0.1, -0.05) is 41.0 Å². The molecular formula is C20H25ClN4O2. The number of amides is 1. The number of nitrogens with one attached hydrogen (secondary N) is 3. The highest BCUT2D eigenvalue weighted by atomic mass is 35.5. The van der Waals surface area contributed by atoms with Crippen LogP contribution in [-0.2, 0) is 5.54 Å². The van der Waals surface area contributed by atoms with Crippen LogP contribution in [0.25, 0.3) is 0 Å². The third kappa shape index (κ3) is 5.28. The van der Waals surface area contributed by atoms with E-state index in [1.54, 1.807) is 26.1 Å². The topological polar surface area (TPSA) is 82.6 Å². The van der Waals surface area contributed by atoms with Gasteiger partial charge in [-0.2, -0.15) is 4.91 Å². The van der Waals surface area contributed by atoms with E-state index in [0.29, 0.717) is 17.3 Å². The molecule has 7 heteroatoms. The molecule has 2 aromatic rings. The van der Waals surface area contributed by atoms with Crippen molar-refractivity contribution >= 4 is 23.2 Å². The quantitative estimate of drug-likeness (QED) is 0.461. The molecule has 0 aliphatic rings. The summed E-state index contributed by atoms with van der Waals surface area (Å²) in [7, 11) is 1.57. The van der Waals surface area contributed by atoms with Crippen molar-refractivity contribution < 1.29 is 4.79 Å². The monoisotopic (exact) mass is 388 g/mol. The summed E-state index contributed by atoms with van der Waals surface area (Å²) in [5.41, 5.74) is 2.82. The fourth-order valence-electron chi connectivity index (χ4n) is 2.66. The van der Waals surface area contributed by atoms with E-state index in [0.717, 1.165) is 16.8 Å². The Morgan fingerprint density at radius 2 is 1.96 bits per heavy atom. The number of hydrogen-bond acceptors (Lipinski definition) is 5. The Morgan fingerprint density at radius 3 is 2.63 bits per heavy atom. The molecule has 0 spiro atoms. The zero-order valence-corrected chi connectivity index (χ0v) is 16.7. The van der Waals surface area contributed by atoms with Crippen molar-refractivity contribution in [2.75, 3.05) is 19.0 Å². The van der Waals surface area contributed by atoms with Crippen molar-refractivity contribution in [1.82, 2.24) is 10.6 Å². The smallest absolute Gasteiger partial charge is 0.252 e. The van der Waals surface area contributed by atoms with Gasteiger partial charge < -0.3 is 10.6 Å². The Kier molecular flexibility index (Phi) is 6.93. The Morgan fingerprint density at radius 1 is 1.22 bits per heavy atom. The molecule has 0 saturated heterocycles. The van der Waals surface area contributed by atoms with Crippen molar-refractivity contribution in [3.63, 3.8) is 0 Å². The van der Waals surface area contributed by atoms with E-state index in [-0.39, 0.29) is 17.5 Å². The second kappa shape index (κ2) is 8.97. The molecule has 0 radical (unpaired) electrons. The van der Waals surface area contributed by atoms with E-state index in [9.17, 15) is 9.70 Å². The molecule has 2 rings (SSSR count). The van der Waals surface area contributed by atoms with Crippen LogP contribution in [0.5, 0.6) is 0 Å². The minimum absolute atomic E-state index is 0.230. The lowest BCUT2D eigenvalue weighted by Gasteiger charge is -2.28. The number of benzene rings is 2. The normalized spacial score (nSPS) is 12.3. The highest BCUT2D eigenvalue weighted by Gasteiger charge is 2.20. The molecular weight excluding hydrogens is 364 g/mol. The predicted octanol–water partition coefficient (Wildman–Crippen LogP) is 4.42. The molecule has 1 atom stereocenters. The summed E-state index contributed by atoms with van der Waals surface area (Å²) in [4.78, 5) is 22.7. The first-order valence-corrected chi connectivity index (χ1v) is 9.09. The zero-order valence-electron chi connectivity index (χ0n) is 16.0. The van der Waals surface area contributed by atoms with Crippen molar-refractivity contribution in [2.24, 2.45) is 5.18 Å². The van der Waals surface area contributed by atoms with Gasteiger partial charge in [0.1, 0.15) is 6.04 Å². The fraction of sp³-hybridized carbons (Fsp3) is 0.350. The maximum Gasteiger partial charge on any atom is 0.252 e. The summed E-state index contributed by atoms with van der Waals surface area (Å²) in [6, 6.07) is 12.7. The Hall–Kier alpha value is -2.44. The second-order valence-corrected chi connectivity index (χ2v) is 7.24. The van der Waals surface area contributed by atoms with E-state index in [2.05, 4.69) is 35.0 Å². The molecule has 1 unspecified atom stereocenters. The number of nitroso groups, excluding NO2 is 1. The molecule has 144 valence electrons. The first-order chi connectivity index (χ1) is 12.8. The van der Waals surface area contributed by atoms with Crippen molar-refractivity contribution in [3.05, 3.63) is 69.1 Å². The molecule has 0 saturated carbocycles. The molecule has 0 bridgehead atoms. The van der Waals surface area contributed by atoms with Gasteiger partial charge in [0.25, 0.3) is 5.91 Å². The summed E-state index contributed by atoms with van der Waals surface area (Å²) in [5, 5.41) is 12.8. The lowest BCUT2D eigenvalue weighted by molar-refractivity contribution is 0.0963. The minimum Gasteiger partial charge on any atom is -0.372 e. The van der Waals surface area contributed by atoms with Gasteiger partial charge in [-0.05, 0) is 50.1 Å². The van der Waals surface area contributed by atoms with Crippen LogP contribution in [0.4, 0.5) is 5.69 Å². The molecule has 6 nitrogen and oxygen atoms in total. The van der Waals surface area contributed by atoms with Crippen LogP contribution < -0.4 is 16.0 Å². The third-order valence-electron chi connectivity index (χ3n) is 4.51. The maximum absolute atomic E-state index is 11.8. The largest absolute Gasteiger partial charge is 0.372 e. The zero-order chi connectivity index (χ0) is 20.0. The fourth-order valence-corrected chi connectivity index (χ4v) is 2.86. The molecule has 27 heavy (non-hydrogen) atoms. The number of halogens is 1. The Balaban J connectivity index is 2.06. The van der Waals surface area contributed by atoms with Crippen LogP contribution in [0.1, 0.15) is 48.3 Å². The minimum atomic E-state index is -0.379. The first-order valence-electron chi connectivity index (χ1n) is 8.72. The Bertz CT molecular complexity index is 823. The predicted molar refractivity (Wildman–Crippen MR) is 110 cm³/mol. The van der Waals surface area contributed by atoms with Gasteiger partial charge >= 0.3 is 0 Å². The van der Waals surface area contributed by atoms with Gasteiger partial charge in [0, 0.05) is 18.3 Å². The lowest BCUT2D eigenvalue weighted by atomic mass is 9.92. The molecule has 0 aromatic heterocycles. The summed E-state index contributed by atoms with van der Waals surface area (Å²) in [5.74, 6) is -0.230. The van der Waals surface area contributed by atoms with Gasteiger partial charge in [0.05, 0.1) is 17.3 Å². The molecule has 0 aliphatic carbocycles. The highest BCUT2D eigenvalue weighted by Crippen LogP contribution is 2.25. The number of rotatable bonds is 8. The summed E-state index contributed by atoms with van der Waals surface area (Å²) in [6.45, 7) is 6.38. The molecule has 2 aromatic carbocycles. The van der Waals surface area contributed by atoms with Gasteiger partial charge in [0.15, 0.2) is 0 Å². The number of hydrogen-bond donors (Lipinski definition) is 3. The number of carbonyl (C=O) groups excluding carboxylic acids is 1. The maximum atomic E-state index is 11.8. The van der Waals surface area contributed by atoms with Crippen molar-refractivity contribution in [3.8, 4) is 0 Å². The van der Waals surface area contributed by atoms with Gasteiger partial charge in [-0.15, -0.1) is 0 Å². The number of carbonyl (C=O) groups is 1. The van der Waals surface area contributed by atoms with Crippen LogP contribution in [0, 0.1) is 4.91 Å². The third-order valence-corrected chi connectivity index (χ3v) is 4.84. The van der Waals surface area contributed by atoms with Crippen LogP contribution in [0.2, 0.25) is 5.02 Å². The van der Waals surface area contributed by atoms with Crippen molar-refractivity contribution in [1.29, 1.82) is 0 Å². The van der Waals surface area contributed by atoms with Gasteiger partial charge in [0.2, 0.25) is 0 Å². The van der Waals surface area contributed by atoms with E-state index in [1.165, 1.54) is 0 Å². The van der Waals surface area contributed by atoms with Crippen LogP contribution in [0.3, 0.4) is 0 Å². The highest BCUT2D eigenvalue weighted by molar-refractivity contribution is 6.34. The van der Waals surface area contributed by atoms with Crippen molar-refractivity contribution in [2.45, 2.75) is 32.4 Å². The summed E-state index contributed by atoms with van der Waals surface area (Å²) >= 11 is 6.07. The van der Waals surface area contributed by atoms with E-state index < -0.39 is 0 Å². The van der Waals surface area contributed by atoms with Crippen LogP contribution >= 0.6 is 11.6 Å². The molecule has 1 amide bonds. The average molecular weight is 389 g/mol. The summed E-state index contributed by atoms with van der Waals surface area (Å²) in [6.07, 6.45) is 0. The molecule has 3 N–H and O–H groups in total. The Labute approximate surface area is 164 Å². The molecule has 0 aliphatic heterocycles. The van der Waals surface area contributed by atoms with E-state index in [4.69, 9.17) is 11.6 Å². The SMILES string of the molecule is CNC(=O)c1cc(NCNC(C)(C)c2cccc(C(C)N=O)c2)ccc1Cl. The number of nitrogens with zero attached hydrogens (tertiary/aromatic N) is 1. The van der Waals surface area contributed by atoms with Crippen LogP contribution in [-0.4, -0.2) is 19.6 Å². The number of anilines is 1. The first kappa shape index (κ1) is 20.9. The second-order valence-electron chi connectivity index (χ2n) is 6.84. The lowest BCUT2D eigenvalue weighted by Crippen LogP contribution is -2.39. The average Bonchev–Trinajstić information content (AvgIpc) is 2.68.